The third kappa shape index (κ3) is 3.41. The Morgan fingerprint density at radius 1 is 0.964 bits per heavy atom. The SMILES string of the molecule is O=C[C@H]1NCC(=S)C1C(=O)[C@H]1NCC(=S)C1C(=O)C1CCc2ccccc2C1. The first-order valence-electron chi connectivity index (χ1n) is 9.63. The van der Waals surface area contributed by atoms with Crippen molar-refractivity contribution in [3.63, 3.8) is 0 Å². The Balaban J connectivity index is 1.55. The van der Waals surface area contributed by atoms with Gasteiger partial charge in [-0.05, 0) is 30.4 Å². The van der Waals surface area contributed by atoms with Crippen LogP contribution >= 0.6 is 24.4 Å². The van der Waals surface area contributed by atoms with Crippen LogP contribution in [0.15, 0.2) is 24.3 Å². The van der Waals surface area contributed by atoms with E-state index in [1.165, 1.54) is 11.1 Å². The van der Waals surface area contributed by atoms with Gasteiger partial charge in [-0.3, -0.25) is 9.59 Å². The normalized spacial score (nSPS) is 32.2. The highest BCUT2D eigenvalue weighted by atomic mass is 32.1. The molecule has 0 saturated carbocycles. The Labute approximate surface area is 174 Å². The van der Waals surface area contributed by atoms with E-state index in [9.17, 15) is 14.4 Å². The number of hydrogen-bond donors (Lipinski definition) is 2. The average Bonchev–Trinajstić information content (AvgIpc) is 3.28. The lowest BCUT2D eigenvalue weighted by atomic mass is 9.75. The maximum absolute atomic E-state index is 13.4. The maximum atomic E-state index is 13.4. The number of thiocarbonyl (C=S) groups is 2. The first-order valence-corrected chi connectivity index (χ1v) is 10.4. The van der Waals surface area contributed by atoms with Crippen molar-refractivity contribution in [2.75, 3.05) is 13.1 Å². The van der Waals surface area contributed by atoms with Crippen molar-refractivity contribution in [1.82, 2.24) is 10.6 Å². The van der Waals surface area contributed by atoms with E-state index in [1.807, 2.05) is 12.1 Å². The molecule has 5 nitrogen and oxygen atoms in total. The molecule has 3 unspecified atom stereocenters. The van der Waals surface area contributed by atoms with Crippen molar-refractivity contribution >= 4 is 52.0 Å². The van der Waals surface area contributed by atoms with E-state index >= 15 is 0 Å². The van der Waals surface area contributed by atoms with Crippen LogP contribution in [0.4, 0.5) is 0 Å². The largest absolute Gasteiger partial charge is 0.302 e. The molecule has 2 saturated heterocycles. The maximum Gasteiger partial charge on any atom is 0.160 e. The van der Waals surface area contributed by atoms with E-state index in [4.69, 9.17) is 24.4 Å². The van der Waals surface area contributed by atoms with Crippen LogP contribution in [-0.2, 0) is 27.2 Å². The number of aldehydes is 1. The van der Waals surface area contributed by atoms with Crippen LogP contribution in [0.3, 0.4) is 0 Å². The highest BCUT2D eigenvalue weighted by Crippen LogP contribution is 2.31. The van der Waals surface area contributed by atoms with Crippen LogP contribution in [0, 0.1) is 17.8 Å². The lowest BCUT2D eigenvalue weighted by Crippen LogP contribution is -2.48. The molecular formula is C21H22N2O3S2. The fraction of sp³-hybridized carbons (Fsp3) is 0.476. The molecule has 2 aliphatic heterocycles. The van der Waals surface area contributed by atoms with Gasteiger partial charge in [0.1, 0.15) is 12.1 Å². The summed E-state index contributed by atoms with van der Waals surface area (Å²) in [5.41, 5.74) is 2.50. The standard InChI is InChI=1S/C21H22N2O3S2/c24-10-14-17(15(27)8-22-14)21(26)19-18(16(28)9-23-19)20(25)13-6-5-11-3-1-2-4-12(11)7-13/h1-4,10,13-14,17-19,22-23H,5-9H2/t13?,14-,17?,18?,19+/m1/s1. The molecule has 0 spiro atoms. The van der Waals surface area contributed by atoms with Crippen molar-refractivity contribution < 1.29 is 14.4 Å². The lowest BCUT2D eigenvalue weighted by Gasteiger charge is -2.28. The smallest absolute Gasteiger partial charge is 0.160 e. The molecule has 146 valence electrons. The van der Waals surface area contributed by atoms with E-state index in [0.717, 1.165) is 19.1 Å². The van der Waals surface area contributed by atoms with Gasteiger partial charge in [0.25, 0.3) is 0 Å². The van der Waals surface area contributed by atoms with E-state index in [0.29, 0.717) is 29.2 Å². The first-order chi connectivity index (χ1) is 13.5. The van der Waals surface area contributed by atoms with Gasteiger partial charge in [-0.15, -0.1) is 0 Å². The third-order valence-corrected chi connectivity index (χ3v) is 7.01. The lowest BCUT2D eigenvalue weighted by molar-refractivity contribution is -0.131. The van der Waals surface area contributed by atoms with Crippen LogP contribution in [-0.4, -0.2) is 52.8 Å². The molecule has 2 heterocycles. The molecule has 3 aliphatic rings. The van der Waals surface area contributed by atoms with Crippen LogP contribution in [0.2, 0.25) is 0 Å². The molecule has 5 atom stereocenters. The molecule has 2 fully saturated rings. The van der Waals surface area contributed by atoms with E-state index in [1.54, 1.807) is 0 Å². The summed E-state index contributed by atoms with van der Waals surface area (Å²) in [7, 11) is 0. The fourth-order valence-corrected chi connectivity index (χ4v) is 5.39. The Morgan fingerprint density at radius 3 is 2.39 bits per heavy atom. The third-order valence-electron chi connectivity index (χ3n) is 6.21. The second kappa shape index (κ2) is 7.99. The number of Topliss-reactive ketones (excluding diaryl/α,β-unsaturated/α-hetero) is 2. The highest BCUT2D eigenvalue weighted by Gasteiger charge is 2.48. The van der Waals surface area contributed by atoms with Crippen LogP contribution in [0.1, 0.15) is 17.5 Å². The number of fused-ring (bicyclic) bond motifs is 1. The molecule has 7 heteroatoms. The van der Waals surface area contributed by atoms with Crippen molar-refractivity contribution in [3.8, 4) is 0 Å². The van der Waals surface area contributed by atoms with Gasteiger partial charge in [0.05, 0.1) is 23.9 Å². The molecule has 1 aromatic carbocycles. The molecule has 2 N–H and O–H groups in total. The summed E-state index contributed by atoms with van der Waals surface area (Å²) < 4.78 is 0. The topological polar surface area (TPSA) is 75.3 Å². The predicted molar refractivity (Wildman–Crippen MR) is 114 cm³/mol. The van der Waals surface area contributed by atoms with Crippen molar-refractivity contribution in [3.05, 3.63) is 35.4 Å². The molecule has 28 heavy (non-hydrogen) atoms. The number of aryl methyl sites for hydroxylation is 1. The number of carbonyl (C=O) groups excluding carboxylic acids is 3. The molecule has 0 bridgehead atoms. The van der Waals surface area contributed by atoms with E-state index in [2.05, 4.69) is 22.8 Å². The van der Waals surface area contributed by atoms with E-state index < -0.39 is 23.9 Å². The minimum atomic E-state index is -0.692. The Bertz CT molecular complexity index is 869. The number of ketones is 2. The van der Waals surface area contributed by atoms with Gasteiger partial charge in [-0.2, -0.15) is 0 Å². The average molecular weight is 415 g/mol. The van der Waals surface area contributed by atoms with Crippen LogP contribution in [0.5, 0.6) is 0 Å². The number of benzene rings is 1. The van der Waals surface area contributed by atoms with Crippen molar-refractivity contribution in [1.29, 1.82) is 0 Å². The summed E-state index contributed by atoms with van der Waals surface area (Å²) in [6, 6.07) is 6.88. The predicted octanol–water partition coefficient (Wildman–Crippen LogP) is 1.04. The minimum Gasteiger partial charge on any atom is -0.302 e. The van der Waals surface area contributed by atoms with Gasteiger partial charge in [-0.25, -0.2) is 0 Å². The molecule has 0 radical (unpaired) electrons. The van der Waals surface area contributed by atoms with Gasteiger partial charge in [0, 0.05) is 28.7 Å². The number of carbonyl (C=O) groups is 3. The summed E-state index contributed by atoms with van der Waals surface area (Å²) in [5, 5.41) is 6.09. The molecule has 1 aliphatic carbocycles. The number of hydrogen-bond acceptors (Lipinski definition) is 7. The highest BCUT2D eigenvalue weighted by molar-refractivity contribution is 7.80. The van der Waals surface area contributed by atoms with Gasteiger partial charge < -0.3 is 15.4 Å². The molecule has 1 aromatic rings. The van der Waals surface area contributed by atoms with Crippen molar-refractivity contribution in [2.24, 2.45) is 17.8 Å². The van der Waals surface area contributed by atoms with Gasteiger partial charge >= 0.3 is 0 Å². The fourth-order valence-electron chi connectivity index (χ4n) is 4.71. The zero-order valence-electron chi connectivity index (χ0n) is 15.4. The Morgan fingerprint density at radius 2 is 1.64 bits per heavy atom. The summed E-state index contributed by atoms with van der Waals surface area (Å²) in [4.78, 5) is 39.0. The Kier molecular flexibility index (Phi) is 5.60. The van der Waals surface area contributed by atoms with Crippen LogP contribution < -0.4 is 10.6 Å². The summed E-state index contributed by atoms with van der Waals surface area (Å²) >= 11 is 10.8. The van der Waals surface area contributed by atoms with E-state index in [-0.39, 0.29) is 17.5 Å². The first kappa shape index (κ1) is 19.6. The second-order valence-electron chi connectivity index (χ2n) is 7.80. The quantitative estimate of drug-likeness (QED) is 0.551. The monoisotopic (exact) mass is 414 g/mol. The zero-order valence-corrected chi connectivity index (χ0v) is 17.0. The summed E-state index contributed by atoms with van der Waals surface area (Å²) in [6.45, 7) is 0.731. The summed E-state index contributed by atoms with van der Waals surface area (Å²) in [5.74, 6) is -1.57. The molecule has 0 amide bonds. The molecular weight excluding hydrogens is 392 g/mol. The minimum absolute atomic E-state index is 0.0439. The zero-order chi connectivity index (χ0) is 19.8. The number of rotatable bonds is 5. The van der Waals surface area contributed by atoms with Crippen molar-refractivity contribution in [2.45, 2.75) is 31.3 Å². The van der Waals surface area contributed by atoms with Gasteiger partial charge in [0.15, 0.2) is 5.78 Å². The van der Waals surface area contributed by atoms with Gasteiger partial charge in [-0.1, -0.05) is 48.7 Å². The molecule has 0 aromatic heterocycles. The molecule has 4 rings (SSSR count). The Hall–Kier alpha value is -1.67. The second-order valence-corrected chi connectivity index (χ2v) is 8.85. The number of nitrogens with one attached hydrogen (secondary N) is 2. The summed E-state index contributed by atoms with van der Waals surface area (Å²) in [6.07, 6.45) is 3.05. The van der Waals surface area contributed by atoms with Gasteiger partial charge in [0.2, 0.25) is 0 Å². The van der Waals surface area contributed by atoms with Crippen LogP contribution in [0.25, 0.3) is 0 Å².